The molecule has 0 atom stereocenters. The third-order valence-electron chi connectivity index (χ3n) is 2.06. The highest BCUT2D eigenvalue weighted by molar-refractivity contribution is 6.43. The smallest absolute Gasteiger partial charge is 0.243 e. The van der Waals surface area contributed by atoms with Gasteiger partial charge in [-0.25, -0.2) is 0 Å². The Hall–Kier alpha value is -1.81. The van der Waals surface area contributed by atoms with E-state index in [9.17, 15) is 9.59 Å². The summed E-state index contributed by atoms with van der Waals surface area (Å²) in [5.74, 6) is -0.612. The molecular weight excluding hydrogens is 216 g/mol. The van der Waals surface area contributed by atoms with E-state index in [-0.39, 0.29) is 12.0 Å². The maximum atomic E-state index is 11.3. The molecule has 1 heterocycles. The van der Waals surface area contributed by atoms with Crippen LogP contribution in [-0.2, 0) is 9.59 Å². The summed E-state index contributed by atoms with van der Waals surface area (Å²) in [5.41, 5.74) is 5.53. The maximum absolute atomic E-state index is 11.3. The average Bonchev–Trinajstić information content (AvgIpc) is 2.27. The summed E-state index contributed by atoms with van der Waals surface area (Å²) >= 11 is 5.81. The van der Waals surface area contributed by atoms with Gasteiger partial charge in [0.25, 0.3) is 0 Å². The fraction of sp³-hybridized carbons (Fsp3) is 0. The van der Waals surface area contributed by atoms with E-state index in [1.54, 1.807) is 24.4 Å². The first-order valence-corrected chi connectivity index (χ1v) is 4.61. The standard InChI is InChI=1S/C10H7ClN2O2/c11-7-2-1-6-4-12-13-10(8(6)3-7)9(15)5-14/h1-5,12-13H. The van der Waals surface area contributed by atoms with Crippen molar-refractivity contribution in [1.82, 2.24) is 10.9 Å². The molecule has 0 fully saturated rings. The van der Waals surface area contributed by atoms with Crippen LogP contribution in [0.3, 0.4) is 0 Å². The first-order valence-electron chi connectivity index (χ1n) is 4.23. The van der Waals surface area contributed by atoms with Gasteiger partial charge in [-0.05, 0) is 12.1 Å². The number of hydrazine groups is 1. The fourth-order valence-electron chi connectivity index (χ4n) is 1.38. The molecule has 0 aromatic heterocycles. The minimum absolute atomic E-state index is 0.213. The number of aldehydes is 1. The molecule has 76 valence electrons. The SMILES string of the molecule is O=CC(=O)C1=c2cc(Cl)ccc2=CNN1. The molecular formula is C10H7ClN2O2. The van der Waals surface area contributed by atoms with Crippen LogP contribution in [0.15, 0.2) is 18.2 Å². The molecule has 0 saturated carbocycles. The summed E-state index contributed by atoms with van der Waals surface area (Å²) in [6.45, 7) is 0. The molecule has 0 radical (unpaired) electrons. The van der Waals surface area contributed by atoms with Gasteiger partial charge >= 0.3 is 0 Å². The van der Waals surface area contributed by atoms with E-state index >= 15 is 0 Å². The Balaban J connectivity index is 2.80. The van der Waals surface area contributed by atoms with Crippen LogP contribution in [0.1, 0.15) is 0 Å². The Morgan fingerprint density at radius 1 is 1.40 bits per heavy atom. The Bertz CT molecular complexity index is 551. The first kappa shape index (κ1) is 9.73. The molecule has 1 aromatic carbocycles. The molecule has 0 amide bonds. The number of carbonyl (C=O) groups is 2. The predicted molar refractivity (Wildman–Crippen MR) is 55.9 cm³/mol. The lowest BCUT2D eigenvalue weighted by Gasteiger charge is -2.12. The van der Waals surface area contributed by atoms with Crippen molar-refractivity contribution in [1.29, 1.82) is 0 Å². The second kappa shape index (κ2) is 3.74. The van der Waals surface area contributed by atoms with E-state index in [1.165, 1.54) is 0 Å². The van der Waals surface area contributed by atoms with Gasteiger partial charge in [0, 0.05) is 21.7 Å². The molecule has 4 nitrogen and oxygen atoms in total. The number of rotatable bonds is 2. The van der Waals surface area contributed by atoms with Gasteiger partial charge < -0.3 is 5.43 Å². The molecule has 1 aromatic rings. The molecule has 0 aliphatic carbocycles. The molecule has 1 aliphatic heterocycles. The summed E-state index contributed by atoms with van der Waals surface area (Å²) in [7, 11) is 0. The summed E-state index contributed by atoms with van der Waals surface area (Å²) in [6, 6.07) is 5.12. The molecule has 0 spiro atoms. The molecule has 0 bridgehead atoms. The van der Waals surface area contributed by atoms with Crippen molar-refractivity contribution in [3.63, 3.8) is 0 Å². The van der Waals surface area contributed by atoms with E-state index < -0.39 is 5.78 Å². The number of fused-ring (bicyclic) bond motifs is 1. The quantitative estimate of drug-likeness (QED) is 0.501. The van der Waals surface area contributed by atoms with Crippen LogP contribution in [0.25, 0.3) is 11.9 Å². The number of hydrogen-bond donors (Lipinski definition) is 2. The van der Waals surface area contributed by atoms with Crippen LogP contribution in [0.4, 0.5) is 0 Å². The predicted octanol–water partition coefficient (Wildman–Crippen LogP) is -0.938. The van der Waals surface area contributed by atoms with Crippen LogP contribution < -0.4 is 21.3 Å². The second-order valence-electron chi connectivity index (χ2n) is 3.00. The molecule has 0 saturated heterocycles. The minimum Gasteiger partial charge on any atom is -0.307 e. The Morgan fingerprint density at radius 2 is 2.20 bits per heavy atom. The third-order valence-corrected chi connectivity index (χ3v) is 2.30. The van der Waals surface area contributed by atoms with Gasteiger partial charge in [-0.2, -0.15) is 0 Å². The van der Waals surface area contributed by atoms with E-state index in [0.29, 0.717) is 10.2 Å². The Kier molecular flexibility index (Phi) is 2.43. The number of ketones is 1. The lowest BCUT2D eigenvalue weighted by Crippen LogP contribution is -2.45. The van der Waals surface area contributed by atoms with Gasteiger partial charge in [0.15, 0.2) is 6.29 Å². The fourth-order valence-corrected chi connectivity index (χ4v) is 1.55. The van der Waals surface area contributed by atoms with Crippen molar-refractivity contribution in [2.45, 2.75) is 0 Å². The number of carbonyl (C=O) groups excluding carboxylic acids is 2. The minimum atomic E-state index is -0.612. The van der Waals surface area contributed by atoms with E-state index in [0.717, 1.165) is 5.22 Å². The third kappa shape index (κ3) is 1.71. The topological polar surface area (TPSA) is 58.2 Å². The van der Waals surface area contributed by atoms with Gasteiger partial charge in [0.05, 0.1) is 0 Å². The second-order valence-corrected chi connectivity index (χ2v) is 3.44. The zero-order valence-electron chi connectivity index (χ0n) is 7.58. The van der Waals surface area contributed by atoms with Crippen LogP contribution in [0.5, 0.6) is 0 Å². The summed E-state index contributed by atoms with van der Waals surface area (Å²) in [5, 5.41) is 1.95. The van der Waals surface area contributed by atoms with Crippen molar-refractivity contribution >= 4 is 35.6 Å². The van der Waals surface area contributed by atoms with Crippen LogP contribution in [0.2, 0.25) is 5.02 Å². The molecule has 0 unspecified atom stereocenters. The Labute approximate surface area is 90.2 Å². The molecule has 15 heavy (non-hydrogen) atoms. The summed E-state index contributed by atoms with van der Waals surface area (Å²) in [4.78, 5) is 21.7. The van der Waals surface area contributed by atoms with Gasteiger partial charge in [-0.1, -0.05) is 17.7 Å². The highest BCUT2D eigenvalue weighted by Crippen LogP contribution is 2.01. The van der Waals surface area contributed by atoms with Crippen molar-refractivity contribution in [2.75, 3.05) is 0 Å². The molecule has 1 aliphatic rings. The normalized spacial score (nSPS) is 13.0. The van der Waals surface area contributed by atoms with Crippen molar-refractivity contribution < 1.29 is 9.59 Å². The average molecular weight is 223 g/mol. The van der Waals surface area contributed by atoms with Gasteiger partial charge in [0.2, 0.25) is 5.78 Å². The number of hydrogen-bond acceptors (Lipinski definition) is 4. The van der Waals surface area contributed by atoms with E-state index in [2.05, 4.69) is 10.9 Å². The number of nitrogens with one attached hydrogen (secondary N) is 2. The first-order chi connectivity index (χ1) is 7.22. The summed E-state index contributed by atoms with van der Waals surface area (Å²) in [6.07, 6.45) is 1.95. The van der Waals surface area contributed by atoms with Gasteiger partial charge in [-0.3, -0.25) is 15.0 Å². The van der Waals surface area contributed by atoms with Crippen molar-refractivity contribution in [2.24, 2.45) is 0 Å². The number of halogens is 1. The zero-order chi connectivity index (χ0) is 10.8. The van der Waals surface area contributed by atoms with E-state index in [1.807, 2.05) is 0 Å². The maximum Gasteiger partial charge on any atom is 0.243 e. The van der Waals surface area contributed by atoms with Crippen molar-refractivity contribution in [3.8, 4) is 0 Å². The number of Topliss-reactive ketones (excluding diaryl/α,β-unsaturated/α-hetero) is 1. The highest BCUT2D eigenvalue weighted by atomic mass is 35.5. The highest BCUT2D eigenvalue weighted by Gasteiger charge is 2.11. The number of benzene rings is 1. The molecule has 5 heteroatoms. The lowest BCUT2D eigenvalue weighted by molar-refractivity contribution is -0.126. The van der Waals surface area contributed by atoms with Gasteiger partial charge in [0.1, 0.15) is 5.70 Å². The van der Waals surface area contributed by atoms with Crippen LogP contribution in [0, 0.1) is 0 Å². The van der Waals surface area contributed by atoms with E-state index in [4.69, 9.17) is 11.6 Å². The Morgan fingerprint density at radius 3 is 2.93 bits per heavy atom. The van der Waals surface area contributed by atoms with Crippen molar-refractivity contribution in [3.05, 3.63) is 33.7 Å². The summed E-state index contributed by atoms with van der Waals surface area (Å²) < 4.78 is 0. The lowest BCUT2D eigenvalue weighted by atomic mass is 10.1. The van der Waals surface area contributed by atoms with Crippen LogP contribution in [-0.4, -0.2) is 12.1 Å². The largest absolute Gasteiger partial charge is 0.307 e. The van der Waals surface area contributed by atoms with Gasteiger partial charge in [-0.15, -0.1) is 0 Å². The monoisotopic (exact) mass is 222 g/mol. The molecule has 2 N–H and O–H groups in total. The molecule has 2 rings (SSSR count). The zero-order valence-corrected chi connectivity index (χ0v) is 8.34. The van der Waals surface area contributed by atoms with Crippen LogP contribution >= 0.6 is 11.6 Å².